The number of phenols is 1. The summed E-state index contributed by atoms with van der Waals surface area (Å²) in [6, 6.07) is 12.8. The highest BCUT2D eigenvalue weighted by Crippen LogP contribution is 2.28. The van der Waals surface area contributed by atoms with Crippen molar-refractivity contribution >= 4 is 21.9 Å². The van der Waals surface area contributed by atoms with Crippen LogP contribution in [0, 0.1) is 11.8 Å². The number of fused-ring (bicyclic) bond motifs is 2. The molecule has 0 saturated carbocycles. The summed E-state index contributed by atoms with van der Waals surface area (Å²) in [7, 11) is 2.18. The zero-order chi connectivity index (χ0) is 25.8. The van der Waals surface area contributed by atoms with Crippen molar-refractivity contribution in [1.29, 1.82) is 0 Å². The zero-order valence-electron chi connectivity index (χ0n) is 20.9. The molecule has 0 aliphatic heterocycles. The normalized spacial score (nSPS) is 16.2. The topological polar surface area (TPSA) is 119 Å². The number of aromatic amines is 1. The lowest BCUT2D eigenvalue weighted by Gasteiger charge is -2.27. The fourth-order valence-electron chi connectivity index (χ4n) is 4.95. The number of rotatable bonds is 10. The molecule has 9 nitrogen and oxygen atoms in total. The lowest BCUT2D eigenvalue weighted by molar-refractivity contribution is 0.176. The molecule has 2 atom stereocenters. The molecule has 4 N–H and O–H groups in total. The molecule has 9 heteroatoms. The van der Waals surface area contributed by atoms with E-state index in [1.165, 1.54) is 12.1 Å². The molecule has 2 aromatic carbocycles. The van der Waals surface area contributed by atoms with E-state index in [0.29, 0.717) is 35.6 Å². The molecular formula is C28H32N6O3. The van der Waals surface area contributed by atoms with Crippen LogP contribution >= 0.6 is 0 Å². The van der Waals surface area contributed by atoms with E-state index >= 15 is 0 Å². The number of hydrogen-bond acceptors (Lipinski definition) is 7. The molecule has 0 saturated heterocycles. The predicted octanol–water partition coefficient (Wildman–Crippen LogP) is 2.68. The highest BCUT2D eigenvalue weighted by Gasteiger charge is 2.16. The third kappa shape index (κ3) is 5.67. The fraction of sp³-hybridized carbons (Fsp3) is 0.393. The van der Waals surface area contributed by atoms with E-state index in [1.807, 2.05) is 16.8 Å². The number of benzene rings is 2. The molecule has 192 valence electrons. The second kappa shape index (κ2) is 11.1. The number of aromatic nitrogens is 4. The third-order valence-electron chi connectivity index (χ3n) is 7.08. The Morgan fingerprint density at radius 2 is 2.14 bits per heavy atom. The summed E-state index contributed by atoms with van der Waals surface area (Å²) in [5, 5.41) is 33.4. The van der Waals surface area contributed by atoms with E-state index in [-0.39, 0.29) is 11.3 Å². The Bertz CT molecular complexity index is 1520. The van der Waals surface area contributed by atoms with Crippen molar-refractivity contribution in [3.8, 4) is 17.6 Å². The Hall–Kier alpha value is -3.71. The van der Waals surface area contributed by atoms with Crippen LogP contribution in [0.25, 0.3) is 21.9 Å². The van der Waals surface area contributed by atoms with Gasteiger partial charge in [0.05, 0.1) is 17.1 Å². The molecule has 2 heterocycles. The molecule has 5 rings (SSSR count). The second-order valence-electron chi connectivity index (χ2n) is 9.65. The van der Waals surface area contributed by atoms with Gasteiger partial charge in [-0.3, -0.25) is 4.79 Å². The van der Waals surface area contributed by atoms with E-state index in [4.69, 9.17) is 0 Å². The van der Waals surface area contributed by atoms with E-state index < -0.39 is 6.10 Å². The second-order valence-corrected chi connectivity index (χ2v) is 9.65. The van der Waals surface area contributed by atoms with Crippen LogP contribution in [0.4, 0.5) is 0 Å². The number of phenolic OH excluding ortho intramolecular Hbond substituents is 1. The van der Waals surface area contributed by atoms with Crippen LogP contribution in [0.1, 0.15) is 42.9 Å². The van der Waals surface area contributed by atoms with Gasteiger partial charge in [0.2, 0.25) is 5.56 Å². The standard InChI is InChI=1S/C28H32N6O3/c1-33(20-6-3-2-4-7-20)14-5-15-34-24-11-8-19(16-23(24)31-32-34)17-29-18-26(36)21-9-12-25(35)28-22(21)10-13-27(37)30-28/h8-13,16,20,26,29,35-36H,3,5-7,14-15,17-18H2,1H3,(H,30,37)/t20?,26-/m0/s1. The average Bonchev–Trinajstić information content (AvgIpc) is 3.31. The molecule has 0 radical (unpaired) electrons. The minimum absolute atomic E-state index is 0.0240. The molecule has 1 unspecified atom stereocenters. The SMILES string of the molecule is CN(CCCn1nnc2cc(CNC[C@H](O)c3ccc(O)c4[nH]c(=O)ccc34)ccc21)C1CC#CCC1. The van der Waals surface area contributed by atoms with Crippen molar-refractivity contribution in [3.63, 3.8) is 0 Å². The zero-order valence-corrected chi connectivity index (χ0v) is 20.9. The molecule has 4 aromatic rings. The summed E-state index contributed by atoms with van der Waals surface area (Å²) < 4.78 is 1.96. The van der Waals surface area contributed by atoms with Crippen molar-refractivity contribution in [2.75, 3.05) is 20.1 Å². The smallest absolute Gasteiger partial charge is 0.248 e. The van der Waals surface area contributed by atoms with Gasteiger partial charge >= 0.3 is 0 Å². The first-order chi connectivity index (χ1) is 18.0. The maximum Gasteiger partial charge on any atom is 0.248 e. The summed E-state index contributed by atoms with van der Waals surface area (Å²) in [6.45, 7) is 2.69. The monoisotopic (exact) mass is 500 g/mol. The number of aliphatic hydroxyl groups is 1. The Balaban J connectivity index is 1.16. The van der Waals surface area contributed by atoms with Crippen molar-refractivity contribution in [2.45, 2.75) is 50.9 Å². The van der Waals surface area contributed by atoms with Crippen molar-refractivity contribution < 1.29 is 10.2 Å². The summed E-state index contributed by atoms with van der Waals surface area (Å²) in [5.41, 5.74) is 3.57. The van der Waals surface area contributed by atoms with Gasteiger partial charge in [0.15, 0.2) is 0 Å². The quantitative estimate of drug-likeness (QED) is 0.247. The van der Waals surface area contributed by atoms with Crippen LogP contribution in [-0.2, 0) is 13.1 Å². The van der Waals surface area contributed by atoms with Crippen LogP contribution in [0.3, 0.4) is 0 Å². The lowest BCUT2D eigenvalue weighted by atomic mass is 10.0. The largest absolute Gasteiger partial charge is 0.506 e. The number of H-pyrrole nitrogens is 1. The summed E-state index contributed by atoms with van der Waals surface area (Å²) >= 11 is 0. The van der Waals surface area contributed by atoms with Crippen LogP contribution in [0.2, 0.25) is 0 Å². The van der Waals surface area contributed by atoms with Crippen LogP contribution in [-0.4, -0.2) is 61.3 Å². The Morgan fingerprint density at radius 1 is 1.24 bits per heavy atom. The van der Waals surface area contributed by atoms with Gasteiger partial charge in [0, 0.05) is 50.0 Å². The van der Waals surface area contributed by atoms with Crippen molar-refractivity contribution in [2.24, 2.45) is 0 Å². The van der Waals surface area contributed by atoms with Crippen LogP contribution in [0.5, 0.6) is 5.75 Å². The van der Waals surface area contributed by atoms with Gasteiger partial charge in [0.25, 0.3) is 0 Å². The van der Waals surface area contributed by atoms with Crippen molar-refractivity contribution in [3.05, 3.63) is 63.9 Å². The molecule has 0 spiro atoms. The highest BCUT2D eigenvalue weighted by molar-refractivity contribution is 5.87. The van der Waals surface area contributed by atoms with Gasteiger partial charge in [-0.15, -0.1) is 16.9 Å². The predicted molar refractivity (Wildman–Crippen MR) is 143 cm³/mol. The van der Waals surface area contributed by atoms with Gasteiger partial charge in [-0.05, 0) is 61.8 Å². The van der Waals surface area contributed by atoms with Gasteiger partial charge in [-0.25, -0.2) is 4.68 Å². The Morgan fingerprint density at radius 3 is 2.97 bits per heavy atom. The molecule has 37 heavy (non-hydrogen) atoms. The first kappa shape index (κ1) is 25.0. The molecule has 0 fully saturated rings. The van der Waals surface area contributed by atoms with Gasteiger partial charge in [-0.2, -0.15) is 0 Å². The summed E-state index contributed by atoms with van der Waals surface area (Å²) in [5.74, 6) is 6.38. The van der Waals surface area contributed by atoms with E-state index in [1.54, 1.807) is 12.1 Å². The van der Waals surface area contributed by atoms with Crippen LogP contribution < -0.4 is 10.9 Å². The summed E-state index contributed by atoms with van der Waals surface area (Å²) in [6.07, 6.45) is 3.30. The molecule has 0 bridgehead atoms. The number of aryl methyl sites for hydroxylation is 1. The maximum atomic E-state index is 11.6. The fourth-order valence-corrected chi connectivity index (χ4v) is 4.95. The third-order valence-corrected chi connectivity index (χ3v) is 7.08. The number of pyridine rings is 1. The molecule has 0 amide bonds. The number of nitrogens with zero attached hydrogens (tertiary/aromatic N) is 4. The minimum Gasteiger partial charge on any atom is -0.506 e. The molecular weight excluding hydrogens is 468 g/mol. The number of nitrogens with one attached hydrogen (secondary N) is 2. The molecule has 2 aromatic heterocycles. The van der Waals surface area contributed by atoms with E-state index in [2.05, 4.69) is 50.5 Å². The van der Waals surface area contributed by atoms with E-state index in [9.17, 15) is 15.0 Å². The summed E-state index contributed by atoms with van der Waals surface area (Å²) in [4.78, 5) is 16.7. The minimum atomic E-state index is -0.808. The number of aromatic hydroxyl groups is 1. The molecule has 1 aliphatic rings. The van der Waals surface area contributed by atoms with Gasteiger partial charge in [-0.1, -0.05) is 17.3 Å². The Labute approximate surface area is 215 Å². The average molecular weight is 501 g/mol. The lowest BCUT2D eigenvalue weighted by Crippen LogP contribution is -2.33. The van der Waals surface area contributed by atoms with E-state index in [0.717, 1.165) is 55.4 Å². The molecule has 1 aliphatic carbocycles. The number of hydrogen-bond donors (Lipinski definition) is 4. The van der Waals surface area contributed by atoms with Crippen LogP contribution in [0.15, 0.2) is 47.3 Å². The first-order valence-corrected chi connectivity index (χ1v) is 12.7. The first-order valence-electron chi connectivity index (χ1n) is 12.7. The van der Waals surface area contributed by atoms with Gasteiger partial charge in [0.1, 0.15) is 11.3 Å². The number of aliphatic hydroxyl groups excluding tert-OH is 1. The maximum absolute atomic E-state index is 11.6. The Kier molecular flexibility index (Phi) is 7.51. The highest BCUT2D eigenvalue weighted by atomic mass is 16.3. The van der Waals surface area contributed by atoms with Crippen molar-refractivity contribution in [1.82, 2.24) is 30.2 Å². The van der Waals surface area contributed by atoms with Gasteiger partial charge < -0.3 is 25.4 Å².